The Hall–Kier alpha value is -1.91. The van der Waals surface area contributed by atoms with Crippen molar-refractivity contribution in [3.63, 3.8) is 0 Å². The molecule has 112 valence electrons. The summed E-state index contributed by atoms with van der Waals surface area (Å²) in [6, 6.07) is 5.58. The van der Waals surface area contributed by atoms with E-state index in [1.165, 1.54) is 0 Å². The second-order valence-corrected chi connectivity index (χ2v) is 5.36. The average molecular weight is 281 g/mol. The van der Waals surface area contributed by atoms with Crippen LogP contribution in [0, 0.1) is 0 Å². The molecule has 0 unspecified atom stereocenters. The van der Waals surface area contributed by atoms with Gasteiger partial charge in [-0.2, -0.15) is 0 Å². The normalized spacial score (nSPS) is 10.8. The van der Waals surface area contributed by atoms with Crippen LogP contribution in [-0.2, 0) is 11.2 Å². The molecule has 0 radical (unpaired) electrons. The van der Waals surface area contributed by atoms with Crippen LogP contribution in [0.1, 0.15) is 26.3 Å². The fraction of sp³-hybridized carbons (Fsp3) is 0.533. The molecule has 1 aromatic rings. The molecule has 0 aromatic heterocycles. The maximum absolute atomic E-state index is 11.5. The highest BCUT2D eigenvalue weighted by atomic mass is 16.6. The summed E-state index contributed by atoms with van der Waals surface area (Å²) in [7, 11) is 3.23. The minimum atomic E-state index is -0.488. The predicted octanol–water partition coefficient (Wildman–Crippen LogP) is 2.77. The summed E-state index contributed by atoms with van der Waals surface area (Å²) in [4.78, 5) is 11.5. The molecule has 0 bridgehead atoms. The smallest absolute Gasteiger partial charge is 0.407 e. The van der Waals surface area contributed by atoms with E-state index in [0.717, 1.165) is 17.1 Å². The van der Waals surface area contributed by atoms with Crippen molar-refractivity contribution in [2.45, 2.75) is 32.8 Å². The number of benzene rings is 1. The standard InChI is InChI=1S/C15H23NO4/c1-15(2,3)20-14(17)16-9-8-11-10-12(18-4)6-7-13(11)19-5/h6-7,10H,8-9H2,1-5H3,(H,16,17). The van der Waals surface area contributed by atoms with Crippen LogP contribution in [0.15, 0.2) is 18.2 Å². The molecule has 0 saturated heterocycles. The fourth-order valence-electron chi connectivity index (χ4n) is 1.69. The van der Waals surface area contributed by atoms with E-state index in [1.807, 2.05) is 39.0 Å². The lowest BCUT2D eigenvalue weighted by Crippen LogP contribution is -2.33. The third-order valence-electron chi connectivity index (χ3n) is 2.55. The first-order chi connectivity index (χ1) is 9.35. The van der Waals surface area contributed by atoms with Crippen molar-refractivity contribution >= 4 is 6.09 Å². The largest absolute Gasteiger partial charge is 0.497 e. The van der Waals surface area contributed by atoms with Gasteiger partial charge in [0.1, 0.15) is 17.1 Å². The Kier molecular flexibility index (Phi) is 5.67. The number of alkyl carbamates (subject to hydrolysis) is 1. The molecule has 1 N–H and O–H groups in total. The average Bonchev–Trinajstić information content (AvgIpc) is 2.36. The molecule has 20 heavy (non-hydrogen) atoms. The molecule has 1 amide bonds. The monoisotopic (exact) mass is 281 g/mol. The van der Waals surface area contributed by atoms with Crippen LogP contribution in [0.2, 0.25) is 0 Å². The van der Waals surface area contributed by atoms with Gasteiger partial charge >= 0.3 is 6.09 Å². The molecular weight excluding hydrogens is 258 g/mol. The number of carbonyl (C=O) groups excluding carboxylic acids is 1. The first kappa shape index (κ1) is 16.1. The summed E-state index contributed by atoms with van der Waals surface area (Å²) >= 11 is 0. The van der Waals surface area contributed by atoms with E-state index < -0.39 is 11.7 Å². The lowest BCUT2D eigenvalue weighted by atomic mass is 10.1. The van der Waals surface area contributed by atoms with Crippen LogP contribution in [-0.4, -0.2) is 32.5 Å². The molecule has 0 aliphatic heterocycles. The number of carbonyl (C=O) groups is 1. The zero-order chi connectivity index (χ0) is 15.2. The van der Waals surface area contributed by atoms with Crippen LogP contribution in [0.25, 0.3) is 0 Å². The van der Waals surface area contributed by atoms with E-state index in [2.05, 4.69) is 5.32 Å². The molecule has 0 heterocycles. The fourth-order valence-corrected chi connectivity index (χ4v) is 1.69. The number of ether oxygens (including phenoxy) is 3. The second kappa shape index (κ2) is 7.03. The van der Waals surface area contributed by atoms with Gasteiger partial charge in [-0.3, -0.25) is 0 Å². The number of hydrogen-bond donors (Lipinski definition) is 1. The lowest BCUT2D eigenvalue weighted by molar-refractivity contribution is 0.0528. The molecule has 0 spiro atoms. The third-order valence-corrected chi connectivity index (χ3v) is 2.55. The second-order valence-electron chi connectivity index (χ2n) is 5.36. The van der Waals surface area contributed by atoms with Gasteiger partial charge in [-0.25, -0.2) is 4.79 Å². The van der Waals surface area contributed by atoms with Crippen LogP contribution in [0.5, 0.6) is 11.5 Å². The SMILES string of the molecule is COc1ccc(OC)c(CCNC(=O)OC(C)(C)C)c1. The van der Waals surface area contributed by atoms with Gasteiger partial charge in [0, 0.05) is 6.54 Å². The van der Waals surface area contributed by atoms with E-state index in [4.69, 9.17) is 14.2 Å². The zero-order valence-electron chi connectivity index (χ0n) is 12.8. The summed E-state index contributed by atoms with van der Waals surface area (Å²) in [5.74, 6) is 1.54. The van der Waals surface area contributed by atoms with Crippen molar-refractivity contribution in [1.82, 2.24) is 5.32 Å². The Labute approximate surface area is 120 Å². The number of methoxy groups -OCH3 is 2. The topological polar surface area (TPSA) is 56.8 Å². The molecule has 0 aliphatic rings. The number of hydrogen-bond acceptors (Lipinski definition) is 4. The predicted molar refractivity (Wildman–Crippen MR) is 77.5 cm³/mol. The van der Waals surface area contributed by atoms with Gasteiger partial charge in [0.05, 0.1) is 14.2 Å². The van der Waals surface area contributed by atoms with Gasteiger partial charge < -0.3 is 19.5 Å². The van der Waals surface area contributed by atoms with E-state index in [1.54, 1.807) is 14.2 Å². The van der Waals surface area contributed by atoms with Crippen LogP contribution >= 0.6 is 0 Å². The quantitative estimate of drug-likeness (QED) is 0.901. The van der Waals surface area contributed by atoms with E-state index in [9.17, 15) is 4.79 Å². The van der Waals surface area contributed by atoms with Crippen molar-refractivity contribution in [1.29, 1.82) is 0 Å². The first-order valence-corrected chi connectivity index (χ1v) is 6.53. The molecule has 1 aromatic carbocycles. The third kappa shape index (κ3) is 5.38. The van der Waals surface area contributed by atoms with Crippen molar-refractivity contribution in [3.05, 3.63) is 23.8 Å². The number of nitrogens with one attached hydrogen (secondary N) is 1. The summed E-state index contributed by atoms with van der Waals surface area (Å²) in [6.45, 7) is 5.96. The van der Waals surface area contributed by atoms with Gasteiger partial charge in [0.15, 0.2) is 0 Å². The Balaban J connectivity index is 2.55. The Morgan fingerprint density at radius 1 is 1.20 bits per heavy atom. The van der Waals surface area contributed by atoms with Crippen molar-refractivity contribution in [3.8, 4) is 11.5 Å². The van der Waals surface area contributed by atoms with Gasteiger partial charge in [-0.05, 0) is 51.0 Å². The zero-order valence-corrected chi connectivity index (χ0v) is 12.8. The molecule has 1 rings (SSSR count). The van der Waals surface area contributed by atoms with Gasteiger partial charge in [0.2, 0.25) is 0 Å². The molecular formula is C15H23NO4. The Morgan fingerprint density at radius 3 is 2.45 bits per heavy atom. The van der Waals surface area contributed by atoms with Crippen molar-refractivity contribution in [2.24, 2.45) is 0 Å². The molecule has 5 nitrogen and oxygen atoms in total. The van der Waals surface area contributed by atoms with Gasteiger partial charge in [-0.15, -0.1) is 0 Å². The van der Waals surface area contributed by atoms with E-state index in [-0.39, 0.29) is 0 Å². The molecule has 0 aliphatic carbocycles. The summed E-state index contributed by atoms with van der Waals surface area (Å²) < 4.78 is 15.6. The van der Waals surface area contributed by atoms with Crippen LogP contribution in [0.3, 0.4) is 0 Å². The summed E-state index contributed by atoms with van der Waals surface area (Å²) in [6.07, 6.45) is 0.221. The molecule has 0 atom stereocenters. The summed E-state index contributed by atoms with van der Waals surface area (Å²) in [5.41, 5.74) is 0.487. The number of amides is 1. The molecule has 0 fully saturated rings. The highest BCUT2D eigenvalue weighted by Gasteiger charge is 2.15. The number of rotatable bonds is 5. The molecule has 5 heteroatoms. The van der Waals surface area contributed by atoms with Crippen LogP contribution in [0.4, 0.5) is 4.79 Å². The highest BCUT2D eigenvalue weighted by molar-refractivity contribution is 5.67. The molecule has 0 saturated carbocycles. The summed E-state index contributed by atoms with van der Waals surface area (Å²) in [5, 5.41) is 2.72. The maximum Gasteiger partial charge on any atom is 0.407 e. The van der Waals surface area contributed by atoms with Crippen molar-refractivity contribution in [2.75, 3.05) is 20.8 Å². The van der Waals surface area contributed by atoms with E-state index >= 15 is 0 Å². The Bertz CT molecular complexity index is 452. The Morgan fingerprint density at radius 2 is 1.90 bits per heavy atom. The first-order valence-electron chi connectivity index (χ1n) is 6.53. The van der Waals surface area contributed by atoms with Gasteiger partial charge in [-0.1, -0.05) is 0 Å². The van der Waals surface area contributed by atoms with Crippen molar-refractivity contribution < 1.29 is 19.0 Å². The van der Waals surface area contributed by atoms with Crippen LogP contribution < -0.4 is 14.8 Å². The minimum absolute atomic E-state index is 0.417. The maximum atomic E-state index is 11.5. The highest BCUT2D eigenvalue weighted by Crippen LogP contribution is 2.24. The lowest BCUT2D eigenvalue weighted by Gasteiger charge is -2.19. The van der Waals surface area contributed by atoms with E-state index in [0.29, 0.717) is 13.0 Å². The van der Waals surface area contributed by atoms with Gasteiger partial charge in [0.25, 0.3) is 0 Å². The minimum Gasteiger partial charge on any atom is -0.497 e.